The van der Waals surface area contributed by atoms with Crippen molar-refractivity contribution in [3.63, 3.8) is 0 Å². The van der Waals surface area contributed by atoms with Gasteiger partial charge in [-0.1, -0.05) is 54.1 Å². The fourth-order valence-corrected chi connectivity index (χ4v) is 3.31. The van der Waals surface area contributed by atoms with Gasteiger partial charge in [0.2, 0.25) is 0 Å². The van der Waals surface area contributed by atoms with Crippen LogP contribution in [0.5, 0.6) is 0 Å². The topological polar surface area (TPSA) is 29.3 Å². The summed E-state index contributed by atoms with van der Waals surface area (Å²) in [5, 5.41) is 0.792. The van der Waals surface area contributed by atoms with Gasteiger partial charge in [0.15, 0.2) is 0 Å². The molecule has 2 unspecified atom stereocenters. The summed E-state index contributed by atoms with van der Waals surface area (Å²) < 4.78 is 0. The number of nitrogens with zero attached hydrogens (tertiary/aromatic N) is 1. The lowest BCUT2D eigenvalue weighted by molar-refractivity contribution is 0.181. The average molecular weight is 301 g/mol. The molecular weight excluding hydrogens is 280 g/mol. The monoisotopic (exact) mass is 300 g/mol. The Morgan fingerprint density at radius 1 is 1.00 bits per heavy atom. The second kappa shape index (κ2) is 6.61. The Morgan fingerprint density at radius 2 is 1.71 bits per heavy atom. The predicted molar refractivity (Wildman–Crippen MR) is 88.5 cm³/mol. The highest BCUT2D eigenvalue weighted by atomic mass is 35.5. The van der Waals surface area contributed by atoms with Crippen LogP contribution in [-0.4, -0.2) is 24.0 Å². The number of piperidine rings is 1. The van der Waals surface area contributed by atoms with Crippen molar-refractivity contribution in [1.29, 1.82) is 0 Å². The third-order valence-electron chi connectivity index (χ3n) is 4.15. The van der Waals surface area contributed by atoms with Crippen molar-refractivity contribution in [2.75, 3.05) is 13.1 Å². The van der Waals surface area contributed by atoms with E-state index in [9.17, 15) is 0 Å². The van der Waals surface area contributed by atoms with Crippen LogP contribution in [-0.2, 0) is 6.54 Å². The first-order valence-electron chi connectivity index (χ1n) is 7.48. The second-order valence-corrected chi connectivity index (χ2v) is 6.36. The Bertz CT molecular complexity index is 568. The fourth-order valence-electron chi connectivity index (χ4n) is 3.18. The zero-order valence-corrected chi connectivity index (χ0v) is 12.8. The van der Waals surface area contributed by atoms with Crippen molar-refractivity contribution in [2.45, 2.75) is 24.9 Å². The van der Waals surface area contributed by atoms with E-state index in [4.69, 9.17) is 17.3 Å². The van der Waals surface area contributed by atoms with Gasteiger partial charge in [0.1, 0.15) is 0 Å². The van der Waals surface area contributed by atoms with Crippen molar-refractivity contribution >= 4 is 11.6 Å². The molecule has 0 aliphatic carbocycles. The number of benzene rings is 2. The van der Waals surface area contributed by atoms with Crippen LogP contribution >= 0.6 is 11.6 Å². The molecule has 21 heavy (non-hydrogen) atoms. The summed E-state index contributed by atoms with van der Waals surface area (Å²) in [6, 6.07) is 19.0. The quantitative estimate of drug-likeness (QED) is 0.937. The summed E-state index contributed by atoms with van der Waals surface area (Å²) in [5.41, 5.74) is 8.96. The predicted octanol–water partition coefficient (Wildman–Crippen LogP) is 3.66. The first kappa shape index (κ1) is 14.6. The molecule has 1 fully saturated rings. The Hall–Kier alpha value is -1.35. The van der Waals surface area contributed by atoms with Gasteiger partial charge < -0.3 is 5.73 Å². The van der Waals surface area contributed by atoms with Crippen LogP contribution in [0, 0.1) is 0 Å². The van der Waals surface area contributed by atoms with Gasteiger partial charge in [0.25, 0.3) is 0 Å². The maximum absolute atomic E-state index is 6.27. The van der Waals surface area contributed by atoms with Crippen molar-refractivity contribution < 1.29 is 0 Å². The van der Waals surface area contributed by atoms with Gasteiger partial charge in [-0.25, -0.2) is 0 Å². The van der Waals surface area contributed by atoms with Gasteiger partial charge in [0.05, 0.1) is 0 Å². The number of hydrogen-bond donors (Lipinski definition) is 1. The molecule has 0 aromatic heterocycles. The van der Waals surface area contributed by atoms with E-state index in [1.165, 1.54) is 11.1 Å². The van der Waals surface area contributed by atoms with Crippen molar-refractivity contribution in [3.8, 4) is 0 Å². The molecule has 1 aliphatic rings. The van der Waals surface area contributed by atoms with Gasteiger partial charge in [-0.2, -0.15) is 0 Å². The molecule has 0 saturated carbocycles. The van der Waals surface area contributed by atoms with Crippen LogP contribution in [0.2, 0.25) is 5.02 Å². The van der Waals surface area contributed by atoms with Gasteiger partial charge in [-0.3, -0.25) is 4.90 Å². The van der Waals surface area contributed by atoms with E-state index in [2.05, 4.69) is 47.4 Å². The van der Waals surface area contributed by atoms with Crippen LogP contribution in [0.15, 0.2) is 54.6 Å². The van der Waals surface area contributed by atoms with Crippen molar-refractivity contribution in [1.82, 2.24) is 4.90 Å². The summed E-state index contributed by atoms with van der Waals surface area (Å²) in [4.78, 5) is 2.46. The molecule has 2 nitrogen and oxygen atoms in total. The first-order valence-corrected chi connectivity index (χ1v) is 7.86. The van der Waals surface area contributed by atoms with Crippen LogP contribution in [0.1, 0.15) is 23.5 Å². The first-order chi connectivity index (χ1) is 10.2. The number of hydrogen-bond acceptors (Lipinski definition) is 2. The lowest BCUT2D eigenvalue weighted by atomic mass is 9.88. The minimum Gasteiger partial charge on any atom is -0.327 e. The van der Waals surface area contributed by atoms with Crippen molar-refractivity contribution in [3.05, 3.63) is 70.7 Å². The lowest BCUT2D eigenvalue weighted by Gasteiger charge is -2.36. The number of likely N-dealkylation sites (tertiary alicyclic amines) is 1. The molecule has 0 radical (unpaired) electrons. The maximum atomic E-state index is 6.27. The molecule has 3 heteroatoms. The molecule has 110 valence electrons. The maximum Gasteiger partial charge on any atom is 0.0406 e. The molecule has 2 N–H and O–H groups in total. The molecule has 1 aliphatic heterocycles. The molecule has 2 aromatic carbocycles. The number of nitrogens with two attached hydrogens (primary N) is 1. The molecule has 2 aromatic rings. The highest BCUT2D eigenvalue weighted by Gasteiger charge is 2.26. The average Bonchev–Trinajstić information content (AvgIpc) is 2.48. The molecule has 1 saturated heterocycles. The zero-order chi connectivity index (χ0) is 14.7. The molecule has 0 bridgehead atoms. The minimum absolute atomic E-state index is 0.239. The Labute approximate surface area is 131 Å². The van der Waals surface area contributed by atoms with Gasteiger partial charge in [0, 0.05) is 30.7 Å². The Morgan fingerprint density at radius 3 is 2.43 bits per heavy atom. The largest absolute Gasteiger partial charge is 0.327 e. The van der Waals surface area contributed by atoms with Crippen LogP contribution in [0.3, 0.4) is 0 Å². The number of halogens is 1. The highest BCUT2D eigenvalue weighted by Crippen LogP contribution is 2.28. The summed E-state index contributed by atoms with van der Waals surface area (Å²) in [6.07, 6.45) is 1.05. The third-order valence-corrected chi connectivity index (χ3v) is 4.40. The highest BCUT2D eigenvalue weighted by molar-refractivity contribution is 6.30. The molecule has 1 heterocycles. The fraction of sp³-hybridized carbons (Fsp3) is 0.333. The summed E-state index contributed by atoms with van der Waals surface area (Å²) in [5.74, 6) is 0.495. The normalized spacial score (nSPS) is 23.1. The van der Waals surface area contributed by atoms with E-state index in [-0.39, 0.29) is 6.04 Å². The zero-order valence-electron chi connectivity index (χ0n) is 12.1. The molecule has 3 rings (SSSR count). The standard InChI is InChI=1S/C18H21ClN2/c19-17-8-6-15(7-9-17)16-10-18(20)13-21(12-16)11-14-4-2-1-3-5-14/h1-9,16,18H,10-13,20H2. The van der Waals surface area contributed by atoms with E-state index < -0.39 is 0 Å². The number of rotatable bonds is 3. The van der Waals surface area contributed by atoms with Gasteiger partial charge in [-0.05, 0) is 35.6 Å². The molecule has 0 spiro atoms. The van der Waals surface area contributed by atoms with Gasteiger partial charge >= 0.3 is 0 Å². The van der Waals surface area contributed by atoms with E-state index >= 15 is 0 Å². The Kier molecular flexibility index (Phi) is 4.59. The molecule has 0 amide bonds. The van der Waals surface area contributed by atoms with Gasteiger partial charge in [-0.15, -0.1) is 0 Å². The minimum atomic E-state index is 0.239. The second-order valence-electron chi connectivity index (χ2n) is 5.92. The van der Waals surface area contributed by atoms with E-state index in [0.29, 0.717) is 5.92 Å². The van der Waals surface area contributed by atoms with E-state index in [1.54, 1.807) is 0 Å². The van der Waals surface area contributed by atoms with Crippen LogP contribution < -0.4 is 5.73 Å². The summed E-state index contributed by atoms with van der Waals surface area (Å²) in [7, 11) is 0. The molecule has 2 atom stereocenters. The molecular formula is C18H21ClN2. The summed E-state index contributed by atoms with van der Waals surface area (Å²) in [6.45, 7) is 3.00. The van der Waals surface area contributed by atoms with E-state index in [0.717, 1.165) is 31.1 Å². The third kappa shape index (κ3) is 3.85. The lowest BCUT2D eigenvalue weighted by Crippen LogP contribution is -2.45. The van der Waals surface area contributed by atoms with E-state index in [1.807, 2.05) is 12.1 Å². The summed E-state index contributed by atoms with van der Waals surface area (Å²) >= 11 is 5.98. The SMILES string of the molecule is NC1CC(c2ccc(Cl)cc2)CN(Cc2ccccc2)C1. The van der Waals surface area contributed by atoms with Crippen LogP contribution in [0.25, 0.3) is 0 Å². The Balaban J connectivity index is 1.71. The smallest absolute Gasteiger partial charge is 0.0406 e. The van der Waals surface area contributed by atoms with Crippen LogP contribution in [0.4, 0.5) is 0 Å². The van der Waals surface area contributed by atoms with Crippen molar-refractivity contribution in [2.24, 2.45) is 5.73 Å².